The Labute approximate surface area is 142 Å². The molecule has 0 saturated carbocycles. The Kier molecular flexibility index (Phi) is 5.72. The van der Waals surface area contributed by atoms with Crippen molar-refractivity contribution >= 4 is 11.6 Å². The van der Waals surface area contributed by atoms with Crippen LogP contribution in [0.15, 0.2) is 22.7 Å². The SMILES string of the molecule is Cc1ccc(CO)cc1NC(=O)CCCc1nc(C(C)(C)C)no1. The summed E-state index contributed by atoms with van der Waals surface area (Å²) in [5.74, 6) is 1.17. The van der Waals surface area contributed by atoms with Crippen molar-refractivity contribution in [3.05, 3.63) is 41.0 Å². The van der Waals surface area contributed by atoms with Crippen LogP contribution in [0.4, 0.5) is 5.69 Å². The van der Waals surface area contributed by atoms with E-state index in [0.717, 1.165) is 16.8 Å². The molecule has 0 aliphatic rings. The second kappa shape index (κ2) is 7.57. The molecule has 1 heterocycles. The van der Waals surface area contributed by atoms with Gasteiger partial charge in [-0.15, -0.1) is 0 Å². The molecule has 1 amide bonds. The largest absolute Gasteiger partial charge is 0.392 e. The van der Waals surface area contributed by atoms with E-state index in [1.165, 1.54) is 0 Å². The first-order chi connectivity index (χ1) is 11.3. The van der Waals surface area contributed by atoms with Gasteiger partial charge in [-0.05, 0) is 30.5 Å². The molecule has 6 heteroatoms. The first kappa shape index (κ1) is 18.1. The highest BCUT2D eigenvalue weighted by Crippen LogP contribution is 2.20. The summed E-state index contributed by atoms with van der Waals surface area (Å²) >= 11 is 0. The lowest BCUT2D eigenvalue weighted by Gasteiger charge is -2.10. The maximum Gasteiger partial charge on any atom is 0.226 e. The van der Waals surface area contributed by atoms with Gasteiger partial charge in [-0.3, -0.25) is 4.79 Å². The fraction of sp³-hybridized carbons (Fsp3) is 0.500. The van der Waals surface area contributed by atoms with E-state index in [1.54, 1.807) is 6.07 Å². The summed E-state index contributed by atoms with van der Waals surface area (Å²) in [5.41, 5.74) is 2.33. The number of benzene rings is 1. The minimum absolute atomic E-state index is 0.0452. The minimum atomic E-state index is -0.144. The van der Waals surface area contributed by atoms with Gasteiger partial charge in [0.2, 0.25) is 11.8 Å². The van der Waals surface area contributed by atoms with Gasteiger partial charge in [0.1, 0.15) is 0 Å². The average Bonchev–Trinajstić information content (AvgIpc) is 2.98. The molecule has 0 aliphatic heterocycles. The smallest absolute Gasteiger partial charge is 0.226 e. The van der Waals surface area contributed by atoms with Gasteiger partial charge < -0.3 is 14.9 Å². The zero-order chi connectivity index (χ0) is 17.7. The third-order valence-electron chi connectivity index (χ3n) is 3.69. The van der Waals surface area contributed by atoms with Crippen molar-refractivity contribution in [2.75, 3.05) is 5.32 Å². The van der Waals surface area contributed by atoms with Crippen molar-refractivity contribution in [2.45, 2.75) is 59.0 Å². The van der Waals surface area contributed by atoms with Crippen molar-refractivity contribution in [3.8, 4) is 0 Å². The van der Waals surface area contributed by atoms with E-state index in [4.69, 9.17) is 4.52 Å². The average molecular weight is 331 g/mol. The predicted octanol–water partition coefficient (Wildman–Crippen LogP) is 3.13. The highest BCUT2D eigenvalue weighted by molar-refractivity contribution is 5.91. The van der Waals surface area contributed by atoms with E-state index in [2.05, 4.69) is 15.5 Å². The van der Waals surface area contributed by atoms with Crippen LogP contribution in [0.5, 0.6) is 0 Å². The van der Waals surface area contributed by atoms with E-state index < -0.39 is 0 Å². The lowest BCUT2D eigenvalue weighted by Crippen LogP contribution is -2.13. The second-order valence-electron chi connectivity index (χ2n) is 6.97. The van der Waals surface area contributed by atoms with Crippen LogP contribution in [-0.2, 0) is 23.2 Å². The normalized spacial score (nSPS) is 11.5. The number of carbonyl (C=O) groups is 1. The van der Waals surface area contributed by atoms with Crippen LogP contribution in [0.3, 0.4) is 0 Å². The Hall–Kier alpha value is -2.21. The summed E-state index contributed by atoms with van der Waals surface area (Å²) in [6.07, 6.45) is 1.58. The van der Waals surface area contributed by atoms with E-state index in [1.807, 2.05) is 39.8 Å². The Bertz CT molecular complexity index is 702. The molecule has 2 N–H and O–H groups in total. The summed E-state index contributed by atoms with van der Waals surface area (Å²) in [4.78, 5) is 16.4. The number of aryl methyl sites for hydroxylation is 2. The molecule has 1 aromatic heterocycles. The number of amides is 1. The summed E-state index contributed by atoms with van der Waals surface area (Å²) < 4.78 is 5.22. The number of hydrogen-bond acceptors (Lipinski definition) is 5. The van der Waals surface area contributed by atoms with Crippen LogP contribution in [-0.4, -0.2) is 21.2 Å². The van der Waals surface area contributed by atoms with Gasteiger partial charge in [0.25, 0.3) is 0 Å². The Balaban J connectivity index is 1.84. The first-order valence-corrected chi connectivity index (χ1v) is 8.13. The van der Waals surface area contributed by atoms with E-state index >= 15 is 0 Å². The monoisotopic (exact) mass is 331 g/mol. The van der Waals surface area contributed by atoms with Gasteiger partial charge in [0, 0.05) is 23.9 Å². The predicted molar refractivity (Wildman–Crippen MR) is 91.7 cm³/mol. The fourth-order valence-electron chi connectivity index (χ4n) is 2.18. The van der Waals surface area contributed by atoms with Gasteiger partial charge >= 0.3 is 0 Å². The molecule has 24 heavy (non-hydrogen) atoms. The zero-order valence-corrected chi connectivity index (χ0v) is 14.7. The number of aliphatic hydroxyl groups excluding tert-OH is 1. The van der Waals surface area contributed by atoms with Crippen molar-refractivity contribution in [1.82, 2.24) is 10.1 Å². The first-order valence-electron chi connectivity index (χ1n) is 8.13. The third-order valence-corrected chi connectivity index (χ3v) is 3.69. The number of anilines is 1. The summed E-state index contributed by atoms with van der Waals surface area (Å²) in [7, 11) is 0. The molecule has 6 nitrogen and oxygen atoms in total. The summed E-state index contributed by atoms with van der Waals surface area (Å²) in [6.45, 7) is 7.95. The van der Waals surface area contributed by atoms with E-state index in [-0.39, 0.29) is 17.9 Å². The number of carbonyl (C=O) groups excluding carboxylic acids is 1. The Morgan fingerprint density at radius 3 is 2.71 bits per heavy atom. The van der Waals surface area contributed by atoms with Crippen molar-refractivity contribution in [2.24, 2.45) is 0 Å². The molecule has 1 aromatic carbocycles. The molecule has 0 unspecified atom stereocenters. The highest BCUT2D eigenvalue weighted by atomic mass is 16.5. The lowest BCUT2D eigenvalue weighted by atomic mass is 9.96. The van der Waals surface area contributed by atoms with Crippen LogP contribution in [0, 0.1) is 6.92 Å². The maximum atomic E-state index is 12.1. The van der Waals surface area contributed by atoms with Crippen LogP contribution in [0.25, 0.3) is 0 Å². The summed E-state index contributed by atoms with van der Waals surface area (Å²) in [6, 6.07) is 5.52. The fourth-order valence-corrected chi connectivity index (χ4v) is 2.18. The van der Waals surface area contributed by atoms with E-state index in [0.29, 0.717) is 31.0 Å². The van der Waals surface area contributed by atoms with Crippen LogP contribution in [0.2, 0.25) is 0 Å². The molecule has 0 saturated heterocycles. The molecular weight excluding hydrogens is 306 g/mol. The second-order valence-corrected chi connectivity index (χ2v) is 6.97. The van der Waals surface area contributed by atoms with Gasteiger partial charge in [-0.25, -0.2) is 0 Å². The molecule has 0 bridgehead atoms. The highest BCUT2D eigenvalue weighted by Gasteiger charge is 2.20. The molecule has 130 valence electrons. The standard InChI is InChI=1S/C18H25N3O3/c1-12-8-9-13(11-22)10-14(12)19-15(23)6-5-7-16-20-17(21-24-16)18(2,3)4/h8-10,22H,5-7,11H2,1-4H3,(H,19,23). The zero-order valence-electron chi connectivity index (χ0n) is 14.7. The topological polar surface area (TPSA) is 88.2 Å². The summed E-state index contributed by atoms with van der Waals surface area (Å²) in [5, 5.41) is 16.0. The third kappa shape index (κ3) is 4.89. The lowest BCUT2D eigenvalue weighted by molar-refractivity contribution is -0.116. The molecule has 0 fully saturated rings. The molecular formula is C18H25N3O3. The van der Waals surface area contributed by atoms with Crippen LogP contribution < -0.4 is 5.32 Å². The molecule has 0 atom stereocenters. The van der Waals surface area contributed by atoms with Crippen molar-refractivity contribution < 1.29 is 14.4 Å². The number of rotatable bonds is 6. The molecule has 0 spiro atoms. The molecule has 2 aromatic rings. The number of aromatic nitrogens is 2. The van der Waals surface area contributed by atoms with Crippen LogP contribution >= 0.6 is 0 Å². The Morgan fingerprint density at radius 2 is 2.08 bits per heavy atom. The van der Waals surface area contributed by atoms with Crippen LogP contribution in [0.1, 0.15) is 56.5 Å². The number of nitrogens with zero attached hydrogens (tertiary/aromatic N) is 2. The quantitative estimate of drug-likeness (QED) is 0.849. The number of aliphatic hydroxyl groups is 1. The van der Waals surface area contributed by atoms with E-state index in [9.17, 15) is 9.90 Å². The molecule has 0 radical (unpaired) electrons. The number of hydrogen-bond donors (Lipinski definition) is 2. The maximum absolute atomic E-state index is 12.1. The van der Waals surface area contributed by atoms with Gasteiger partial charge in [0.05, 0.1) is 6.61 Å². The molecule has 0 aliphatic carbocycles. The van der Waals surface area contributed by atoms with Gasteiger partial charge in [-0.1, -0.05) is 38.1 Å². The molecule has 2 rings (SSSR count). The van der Waals surface area contributed by atoms with Gasteiger partial charge in [-0.2, -0.15) is 4.98 Å². The minimum Gasteiger partial charge on any atom is -0.392 e. The number of nitrogens with one attached hydrogen (secondary N) is 1. The van der Waals surface area contributed by atoms with Crippen molar-refractivity contribution in [1.29, 1.82) is 0 Å². The Morgan fingerprint density at radius 1 is 1.33 bits per heavy atom. The van der Waals surface area contributed by atoms with Crippen molar-refractivity contribution in [3.63, 3.8) is 0 Å². The van der Waals surface area contributed by atoms with Gasteiger partial charge in [0.15, 0.2) is 5.82 Å².